The molecule has 0 saturated carbocycles. The minimum absolute atomic E-state index is 0.0672. The third-order valence-electron chi connectivity index (χ3n) is 4.35. The van der Waals surface area contributed by atoms with Crippen LogP contribution in [0.1, 0.15) is 25.5 Å². The van der Waals surface area contributed by atoms with Crippen molar-refractivity contribution in [3.8, 4) is 5.75 Å². The molecule has 2 amide bonds. The zero-order chi connectivity index (χ0) is 19.6. The molecule has 6 heteroatoms. The number of hydrogen-bond donors (Lipinski definition) is 3. The number of carbonyl (C=O) groups is 2. The molecule has 0 heterocycles. The van der Waals surface area contributed by atoms with Crippen molar-refractivity contribution < 1.29 is 19.2 Å². The Kier molecular flexibility index (Phi) is 7.82. The van der Waals surface area contributed by atoms with E-state index in [0.29, 0.717) is 18.0 Å². The Labute approximate surface area is 160 Å². The van der Waals surface area contributed by atoms with Gasteiger partial charge in [0.05, 0.1) is 19.7 Å². The molecule has 0 radical (unpaired) electrons. The second kappa shape index (κ2) is 10.3. The molecule has 2 atom stereocenters. The van der Waals surface area contributed by atoms with Crippen LogP contribution in [0.5, 0.6) is 5.75 Å². The van der Waals surface area contributed by atoms with E-state index in [-0.39, 0.29) is 30.9 Å². The Hall–Kier alpha value is -2.86. The fraction of sp³-hybridized carbons (Fsp3) is 0.333. The summed E-state index contributed by atoms with van der Waals surface area (Å²) in [4.78, 5) is 25.5. The summed E-state index contributed by atoms with van der Waals surface area (Å²) in [7, 11) is 1.58. The van der Waals surface area contributed by atoms with E-state index < -0.39 is 0 Å². The molecular weight excluding hydrogens is 342 g/mol. The minimum Gasteiger partial charge on any atom is -0.497 e. The van der Waals surface area contributed by atoms with Gasteiger partial charge in [-0.15, -0.1) is 0 Å². The smallest absolute Gasteiger partial charge is 0.279 e. The summed E-state index contributed by atoms with van der Waals surface area (Å²) in [5.41, 5.74) is 1.73. The average Bonchev–Trinajstić information content (AvgIpc) is 2.68. The van der Waals surface area contributed by atoms with Crippen LogP contribution in [0.15, 0.2) is 54.6 Å². The molecule has 0 aromatic heterocycles. The van der Waals surface area contributed by atoms with E-state index in [4.69, 9.17) is 4.74 Å². The number of quaternary nitrogens is 1. The molecule has 0 fully saturated rings. The van der Waals surface area contributed by atoms with Gasteiger partial charge < -0.3 is 20.3 Å². The zero-order valence-electron chi connectivity index (χ0n) is 16.1. The van der Waals surface area contributed by atoms with Crippen LogP contribution < -0.4 is 20.3 Å². The Morgan fingerprint density at radius 2 is 1.74 bits per heavy atom. The van der Waals surface area contributed by atoms with E-state index in [1.165, 1.54) is 0 Å². The number of methoxy groups -OCH3 is 1. The fourth-order valence-corrected chi connectivity index (χ4v) is 2.79. The van der Waals surface area contributed by atoms with Gasteiger partial charge in [-0.3, -0.25) is 9.59 Å². The number of nitrogens with one attached hydrogen (secondary N) is 3. The van der Waals surface area contributed by atoms with Crippen molar-refractivity contribution in [2.45, 2.75) is 19.9 Å². The van der Waals surface area contributed by atoms with E-state index in [1.807, 2.05) is 56.3 Å². The van der Waals surface area contributed by atoms with Crippen LogP contribution in [0.3, 0.4) is 0 Å². The number of rotatable bonds is 9. The highest BCUT2D eigenvalue weighted by Gasteiger charge is 2.18. The summed E-state index contributed by atoms with van der Waals surface area (Å²) in [6, 6.07) is 16.9. The van der Waals surface area contributed by atoms with Crippen molar-refractivity contribution in [2.24, 2.45) is 0 Å². The highest BCUT2D eigenvalue weighted by atomic mass is 16.5. The summed E-state index contributed by atoms with van der Waals surface area (Å²) in [6.07, 6.45) is 0. The Bertz CT molecular complexity index is 749. The number of anilines is 1. The Morgan fingerprint density at radius 3 is 2.41 bits per heavy atom. The molecule has 6 nitrogen and oxygen atoms in total. The maximum atomic E-state index is 12.3. The molecule has 2 aromatic rings. The average molecular weight is 370 g/mol. The first-order valence-electron chi connectivity index (χ1n) is 9.13. The van der Waals surface area contributed by atoms with Crippen LogP contribution in [0, 0.1) is 0 Å². The van der Waals surface area contributed by atoms with Crippen molar-refractivity contribution in [1.29, 1.82) is 0 Å². The van der Waals surface area contributed by atoms with Crippen molar-refractivity contribution in [1.82, 2.24) is 5.32 Å². The molecule has 0 aliphatic heterocycles. The van der Waals surface area contributed by atoms with E-state index in [2.05, 4.69) is 10.6 Å². The van der Waals surface area contributed by atoms with Crippen molar-refractivity contribution >= 4 is 17.5 Å². The predicted molar refractivity (Wildman–Crippen MR) is 106 cm³/mol. The van der Waals surface area contributed by atoms with Gasteiger partial charge in [0, 0.05) is 11.8 Å². The van der Waals surface area contributed by atoms with Gasteiger partial charge in [0.15, 0.2) is 13.1 Å². The lowest BCUT2D eigenvalue weighted by Gasteiger charge is -2.19. The highest BCUT2D eigenvalue weighted by Crippen LogP contribution is 2.16. The lowest BCUT2D eigenvalue weighted by molar-refractivity contribution is -0.881. The molecule has 0 spiro atoms. The van der Waals surface area contributed by atoms with Crippen LogP contribution in [0.2, 0.25) is 0 Å². The van der Waals surface area contributed by atoms with E-state index in [9.17, 15) is 9.59 Å². The number of benzene rings is 2. The molecule has 144 valence electrons. The highest BCUT2D eigenvalue weighted by molar-refractivity contribution is 5.91. The Morgan fingerprint density at radius 1 is 1.04 bits per heavy atom. The largest absolute Gasteiger partial charge is 0.497 e. The topological polar surface area (TPSA) is 71.9 Å². The molecule has 2 aromatic carbocycles. The van der Waals surface area contributed by atoms with Gasteiger partial charge in [-0.05, 0) is 31.5 Å². The van der Waals surface area contributed by atoms with Crippen molar-refractivity contribution in [2.75, 3.05) is 32.1 Å². The zero-order valence-corrected chi connectivity index (χ0v) is 16.1. The van der Waals surface area contributed by atoms with Crippen molar-refractivity contribution in [3.05, 3.63) is 60.2 Å². The molecule has 2 rings (SSSR count). The molecule has 0 bridgehead atoms. The minimum atomic E-state index is -0.135. The molecule has 0 saturated heterocycles. The monoisotopic (exact) mass is 370 g/mol. The van der Waals surface area contributed by atoms with Gasteiger partial charge in [-0.2, -0.15) is 0 Å². The van der Waals surface area contributed by atoms with Gasteiger partial charge in [0.2, 0.25) is 0 Å². The maximum Gasteiger partial charge on any atom is 0.279 e. The van der Waals surface area contributed by atoms with E-state index in [1.54, 1.807) is 19.2 Å². The fourth-order valence-electron chi connectivity index (χ4n) is 2.79. The Balaban J connectivity index is 1.84. The third-order valence-corrected chi connectivity index (χ3v) is 4.35. The standard InChI is InChI=1S/C21H27N3O3/c1-4-24(14-20(25)22-16(2)17-9-6-5-7-10-17)15-21(26)23-18-11-8-12-19(13-18)27-3/h5-13,16H,4,14-15H2,1-3H3,(H,22,25)(H,23,26)/p+1/t16-/m0/s1. The molecule has 0 aliphatic rings. The van der Waals surface area contributed by atoms with Gasteiger partial charge in [-0.1, -0.05) is 36.4 Å². The molecule has 27 heavy (non-hydrogen) atoms. The van der Waals surface area contributed by atoms with Crippen molar-refractivity contribution in [3.63, 3.8) is 0 Å². The maximum absolute atomic E-state index is 12.3. The van der Waals surface area contributed by atoms with Crippen LogP contribution >= 0.6 is 0 Å². The predicted octanol–water partition coefficient (Wildman–Crippen LogP) is 1.42. The van der Waals surface area contributed by atoms with Crippen LogP contribution in [-0.2, 0) is 9.59 Å². The first-order chi connectivity index (χ1) is 13.0. The first-order valence-corrected chi connectivity index (χ1v) is 9.13. The third kappa shape index (κ3) is 6.75. The van der Waals surface area contributed by atoms with E-state index >= 15 is 0 Å². The second-order valence-electron chi connectivity index (χ2n) is 6.44. The summed E-state index contributed by atoms with van der Waals surface area (Å²) in [5.74, 6) is 0.475. The number of carbonyl (C=O) groups excluding carboxylic acids is 2. The van der Waals surface area contributed by atoms with Gasteiger partial charge in [0.25, 0.3) is 11.8 Å². The molecular formula is C21H28N3O3+. The number of amides is 2. The summed E-state index contributed by atoms with van der Waals surface area (Å²) in [6.45, 7) is 5.06. The summed E-state index contributed by atoms with van der Waals surface area (Å²) < 4.78 is 5.16. The summed E-state index contributed by atoms with van der Waals surface area (Å²) in [5, 5.41) is 5.84. The molecule has 3 N–H and O–H groups in total. The van der Waals surface area contributed by atoms with Gasteiger partial charge in [0.1, 0.15) is 5.75 Å². The first kappa shape index (κ1) is 20.5. The second-order valence-corrected chi connectivity index (χ2v) is 6.44. The van der Waals surface area contributed by atoms with Crippen LogP contribution in [0.4, 0.5) is 5.69 Å². The lowest BCUT2D eigenvalue weighted by Crippen LogP contribution is -3.14. The summed E-state index contributed by atoms with van der Waals surface area (Å²) >= 11 is 0. The number of ether oxygens (including phenoxy) is 1. The van der Waals surface area contributed by atoms with Crippen LogP contribution in [0.25, 0.3) is 0 Å². The van der Waals surface area contributed by atoms with E-state index in [0.717, 1.165) is 10.5 Å². The quantitative estimate of drug-likeness (QED) is 0.625. The van der Waals surface area contributed by atoms with Crippen LogP contribution in [-0.4, -0.2) is 38.6 Å². The van der Waals surface area contributed by atoms with Gasteiger partial charge in [-0.25, -0.2) is 0 Å². The molecule has 1 unspecified atom stereocenters. The normalized spacial score (nSPS) is 12.7. The lowest BCUT2D eigenvalue weighted by atomic mass is 10.1. The number of hydrogen-bond acceptors (Lipinski definition) is 3. The molecule has 0 aliphatic carbocycles. The SMILES string of the molecule is CC[NH+](CC(=O)Nc1cccc(OC)c1)CC(=O)N[C@@H](C)c1ccccc1. The number of likely N-dealkylation sites (N-methyl/N-ethyl adjacent to an activating group) is 1. The van der Waals surface area contributed by atoms with Gasteiger partial charge >= 0.3 is 0 Å².